The molecule has 0 radical (unpaired) electrons. The summed E-state index contributed by atoms with van der Waals surface area (Å²) in [6.45, 7) is -0.258. The summed E-state index contributed by atoms with van der Waals surface area (Å²) in [6, 6.07) is 1.59. The van der Waals surface area contributed by atoms with Crippen LogP contribution in [0.2, 0.25) is 0 Å². The molecule has 2 aliphatic rings. The monoisotopic (exact) mass is 249 g/mol. The highest BCUT2D eigenvalue weighted by Crippen LogP contribution is 2.40. The van der Waals surface area contributed by atoms with Gasteiger partial charge in [0.1, 0.15) is 18.8 Å². The Bertz CT molecular complexity index is 516. The number of piperazine rings is 1. The Morgan fingerprint density at radius 2 is 2.00 bits per heavy atom. The van der Waals surface area contributed by atoms with E-state index in [4.69, 9.17) is 4.52 Å². The lowest BCUT2D eigenvalue weighted by Gasteiger charge is -2.24. The standard InChI is InChI=1S/C11H11N3O4/c15-9-4-14(5-10(16)12-9)11(17)7-3-8(18-13-7)6-1-2-6/h3,6H,1-2,4-5H2,(H,12,15,16). The van der Waals surface area contributed by atoms with Gasteiger partial charge in [0.15, 0.2) is 5.69 Å². The van der Waals surface area contributed by atoms with Crippen molar-refractivity contribution in [2.75, 3.05) is 13.1 Å². The van der Waals surface area contributed by atoms with Crippen molar-refractivity contribution in [1.82, 2.24) is 15.4 Å². The Morgan fingerprint density at radius 3 is 2.61 bits per heavy atom. The summed E-state index contributed by atoms with van der Waals surface area (Å²) in [7, 11) is 0. The SMILES string of the molecule is O=C1CN(C(=O)c2cc(C3CC3)on2)CC(=O)N1. The van der Waals surface area contributed by atoms with Crippen molar-refractivity contribution in [2.45, 2.75) is 18.8 Å². The van der Waals surface area contributed by atoms with Crippen LogP contribution in [0, 0.1) is 0 Å². The normalized spacial score (nSPS) is 19.9. The lowest BCUT2D eigenvalue weighted by Crippen LogP contribution is -2.53. The van der Waals surface area contributed by atoms with Crippen molar-refractivity contribution in [1.29, 1.82) is 0 Å². The molecule has 0 aromatic carbocycles. The summed E-state index contributed by atoms with van der Waals surface area (Å²) in [6.07, 6.45) is 2.10. The third-order valence-corrected chi connectivity index (χ3v) is 2.96. The van der Waals surface area contributed by atoms with Crippen molar-refractivity contribution in [3.05, 3.63) is 17.5 Å². The van der Waals surface area contributed by atoms with E-state index in [0.717, 1.165) is 17.7 Å². The van der Waals surface area contributed by atoms with E-state index in [1.165, 1.54) is 0 Å². The molecule has 1 aromatic heterocycles. The Balaban J connectivity index is 1.76. The average molecular weight is 249 g/mol. The highest BCUT2D eigenvalue weighted by Gasteiger charge is 2.32. The van der Waals surface area contributed by atoms with Gasteiger partial charge in [-0.25, -0.2) is 0 Å². The van der Waals surface area contributed by atoms with Crippen LogP contribution in [0.3, 0.4) is 0 Å². The second-order valence-electron chi connectivity index (χ2n) is 4.52. The van der Waals surface area contributed by atoms with Crippen LogP contribution < -0.4 is 5.32 Å². The molecule has 3 amide bonds. The number of nitrogens with zero attached hydrogens (tertiary/aromatic N) is 2. The van der Waals surface area contributed by atoms with Crippen molar-refractivity contribution < 1.29 is 18.9 Å². The quantitative estimate of drug-likeness (QED) is 0.723. The summed E-state index contributed by atoms with van der Waals surface area (Å²) in [5, 5.41) is 5.83. The van der Waals surface area contributed by atoms with Gasteiger partial charge < -0.3 is 9.42 Å². The number of amides is 3. The molecule has 7 heteroatoms. The molecule has 18 heavy (non-hydrogen) atoms. The molecule has 1 aromatic rings. The van der Waals surface area contributed by atoms with Gasteiger partial charge in [-0.15, -0.1) is 0 Å². The number of carbonyl (C=O) groups is 3. The molecule has 0 atom stereocenters. The molecule has 94 valence electrons. The molecule has 0 bridgehead atoms. The Morgan fingerprint density at radius 1 is 1.33 bits per heavy atom. The summed E-state index contributed by atoms with van der Waals surface area (Å²) >= 11 is 0. The first kappa shape index (κ1) is 10.9. The Labute approximate surface area is 102 Å². The number of nitrogens with one attached hydrogen (secondary N) is 1. The molecule has 1 aliphatic carbocycles. The predicted octanol–water partition coefficient (Wildman–Crippen LogP) is -0.349. The van der Waals surface area contributed by atoms with E-state index in [-0.39, 0.29) is 18.8 Å². The van der Waals surface area contributed by atoms with Crippen LogP contribution >= 0.6 is 0 Å². The van der Waals surface area contributed by atoms with E-state index >= 15 is 0 Å². The van der Waals surface area contributed by atoms with Crippen LogP contribution in [0.25, 0.3) is 0 Å². The van der Waals surface area contributed by atoms with E-state index in [1.807, 2.05) is 0 Å². The number of carbonyl (C=O) groups excluding carboxylic acids is 3. The topological polar surface area (TPSA) is 92.5 Å². The largest absolute Gasteiger partial charge is 0.360 e. The van der Waals surface area contributed by atoms with Crippen LogP contribution in [0.15, 0.2) is 10.6 Å². The molecule has 2 fully saturated rings. The molecule has 1 saturated heterocycles. The van der Waals surface area contributed by atoms with Crippen LogP contribution in [0.4, 0.5) is 0 Å². The van der Waals surface area contributed by atoms with E-state index in [2.05, 4.69) is 10.5 Å². The molecule has 3 rings (SSSR count). The fraction of sp³-hybridized carbons (Fsp3) is 0.455. The summed E-state index contributed by atoms with van der Waals surface area (Å²) in [4.78, 5) is 35.5. The number of rotatable bonds is 2. The van der Waals surface area contributed by atoms with Gasteiger partial charge in [0.2, 0.25) is 11.8 Å². The van der Waals surface area contributed by atoms with E-state index in [0.29, 0.717) is 11.7 Å². The Hall–Kier alpha value is -2.18. The lowest BCUT2D eigenvalue weighted by molar-refractivity contribution is -0.135. The molecule has 0 unspecified atom stereocenters. The van der Waals surface area contributed by atoms with Gasteiger partial charge in [-0.05, 0) is 12.8 Å². The number of aromatic nitrogens is 1. The molecule has 2 heterocycles. The molecular formula is C11H11N3O4. The summed E-state index contributed by atoms with van der Waals surface area (Å²) in [5.41, 5.74) is 0.152. The zero-order chi connectivity index (χ0) is 12.7. The van der Waals surface area contributed by atoms with Crippen LogP contribution in [-0.4, -0.2) is 40.9 Å². The van der Waals surface area contributed by atoms with Crippen molar-refractivity contribution in [3.8, 4) is 0 Å². The summed E-state index contributed by atoms with van der Waals surface area (Å²) < 4.78 is 5.07. The fourth-order valence-corrected chi connectivity index (χ4v) is 1.89. The Kier molecular flexibility index (Phi) is 2.39. The number of hydrogen-bond donors (Lipinski definition) is 1. The first-order valence-corrected chi connectivity index (χ1v) is 5.72. The molecule has 1 saturated carbocycles. The molecule has 7 nitrogen and oxygen atoms in total. The zero-order valence-electron chi connectivity index (χ0n) is 9.51. The van der Waals surface area contributed by atoms with Crippen molar-refractivity contribution in [3.63, 3.8) is 0 Å². The van der Waals surface area contributed by atoms with Gasteiger partial charge in [-0.2, -0.15) is 0 Å². The molecule has 1 aliphatic heterocycles. The fourth-order valence-electron chi connectivity index (χ4n) is 1.89. The van der Waals surface area contributed by atoms with Crippen LogP contribution in [0.5, 0.6) is 0 Å². The van der Waals surface area contributed by atoms with Gasteiger partial charge >= 0.3 is 0 Å². The minimum atomic E-state index is -0.481. The van der Waals surface area contributed by atoms with Gasteiger partial charge in [0, 0.05) is 12.0 Å². The maximum absolute atomic E-state index is 12.0. The maximum atomic E-state index is 12.0. The third-order valence-electron chi connectivity index (χ3n) is 2.96. The molecular weight excluding hydrogens is 238 g/mol. The zero-order valence-corrected chi connectivity index (χ0v) is 9.51. The van der Waals surface area contributed by atoms with Gasteiger partial charge in [0.05, 0.1) is 0 Å². The van der Waals surface area contributed by atoms with Crippen LogP contribution in [-0.2, 0) is 9.59 Å². The van der Waals surface area contributed by atoms with E-state index < -0.39 is 17.7 Å². The summed E-state index contributed by atoms with van der Waals surface area (Å²) in [5.74, 6) is -0.346. The highest BCUT2D eigenvalue weighted by atomic mass is 16.5. The van der Waals surface area contributed by atoms with E-state index in [9.17, 15) is 14.4 Å². The minimum Gasteiger partial charge on any atom is -0.360 e. The van der Waals surface area contributed by atoms with Gasteiger partial charge in [0.25, 0.3) is 5.91 Å². The predicted molar refractivity (Wildman–Crippen MR) is 57.5 cm³/mol. The molecule has 1 N–H and O–H groups in total. The number of hydrogen-bond acceptors (Lipinski definition) is 5. The number of imide groups is 1. The van der Waals surface area contributed by atoms with Gasteiger partial charge in [-0.1, -0.05) is 5.16 Å². The molecule has 0 spiro atoms. The van der Waals surface area contributed by atoms with Crippen LogP contribution in [0.1, 0.15) is 35.0 Å². The van der Waals surface area contributed by atoms with Crippen molar-refractivity contribution >= 4 is 17.7 Å². The van der Waals surface area contributed by atoms with Crippen molar-refractivity contribution in [2.24, 2.45) is 0 Å². The third kappa shape index (κ3) is 1.99. The minimum absolute atomic E-state index is 0.129. The van der Waals surface area contributed by atoms with E-state index in [1.54, 1.807) is 6.07 Å². The highest BCUT2D eigenvalue weighted by molar-refractivity contribution is 6.05. The second-order valence-corrected chi connectivity index (χ2v) is 4.52. The van der Waals surface area contributed by atoms with Gasteiger partial charge in [-0.3, -0.25) is 19.7 Å². The average Bonchev–Trinajstić information content (AvgIpc) is 3.05. The smallest absolute Gasteiger partial charge is 0.276 e. The first-order chi connectivity index (χ1) is 8.63. The lowest BCUT2D eigenvalue weighted by atomic mass is 10.2. The maximum Gasteiger partial charge on any atom is 0.276 e. The first-order valence-electron chi connectivity index (χ1n) is 5.72. The second kappa shape index (κ2) is 3.94.